The minimum atomic E-state index is -2.55. The minimum Gasteiger partial charge on any atom is -0.349 e. The van der Waals surface area contributed by atoms with Crippen LogP contribution in [-0.2, 0) is 0 Å². The van der Waals surface area contributed by atoms with Gasteiger partial charge in [0.15, 0.2) is 0 Å². The highest BCUT2D eigenvalue weighted by molar-refractivity contribution is 5.94. The van der Waals surface area contributed by atoms with Gasteiger partial charge in [-0.2, -0.15) is 0 Å². The molecule has 5 heteroatoms. The van der Waals surface area contributed by atoms with Crippen molar-refractivity contribution in [2.45, 2.75) is 32.2 Å². The highest BCUT2D eigenvalue weighted by Gasteiger charge is 2.20. The number of rotatable bonds is 4. The molecule has 1 N–H and O–H groups in total. The summed E-state index contributed by atoms with van der Waals surface area (Å²) in [7, 11) is 0. The number of hydrogen-bond acceptors (Lipinski definition) is 2. The lowest BCUT2D eigenvalue weighted by Crippen LogP contribution is -2.44. The smallest absolute Gasteiger partial charge is 0.263 e. The van der Waals surface area contributed by atoms with Gasteiger partial charge in [0.2, 0.25) is 0 Å². The number of nitrogens with one attached hydrogen (secondary N) is 1. The Morgan fingerprint density at radius 1 is 1.40 bits per heavy atom. The van der Waals surface area contributed by atoms with E-state index in [1.807, 2.05) is 0 Å². The van der Waals surface area contributed by atoms with Gasteiger partial charge < -0.3 is 10.2 Å². The predicted molar refractivity (Wildman–Crippen MR) is 74.0 cm³/mol. The van der Waals surface area contributed by atoms with Crippen molar-refractivity contribution >= 4 is 5.91 Å². The van der Waals surface area contributed by atoms with Gasteiger partial charge >= 0.3 is 0 Å². The average Bonchev–Trinajstić information content (AvgIpc) is 2.48. The maximum atomic E-state index is 12.6. The molecule has 1 aromatic carbocycles. The van der Waals surface area contributed by atoms with Crippen LogP contribution in [0.3, 0.4) is 0 Å². The number of benzene rings is 1. The van der Waals surface area contributed by atoms with Crippen LogP contribution in [0.5, 0.6) is 0 Å². The van der Waals surface area contributed by atoms with E-state index < -0.39 is 6.43 Å². The quantitative estimate of drug-likeness (QED) is 0.921. The molecule has 2 rings (SSSR count). The fourth-order valence-electron chi connectivity index (χ4n) is 2.48. The van der Waals surface area contributed by atoms with Crippen molar-refractivity contribution in [3.8, 4) is 0 Å². The number of halogens is 2. The number of amides is 1. The molecule has 110 valence electrons. The van der Waals surface area contributed by atoms with Crippen LogP contribution in [0.1, 0.15) is 42.1 Å². The summed E-state index contributed by atoms with van der Waals surface area (Å²) in [5.74, 6) is -0.262. The van der Waals surface area contributed by atoms with Gasteiger partial charge in [-0.15, -0.1) is 0 Å². The number of carbonyl (C=O) groups excluding carboxylic acids is 1. The van der Waals surface area contributed by atoms with Crippen molar-refractivity contribution in [3.05, 3.63) is 35.4 Å². The second-order valence-electron chi connectivity index (χ2n) is 5.11. The second kappa shape index (κ2) is 6.79. The number of hydrogen-bond donors (Lipinski definition) is 1. The largest absolute Gasteiger partial charge is 0.349 e. The number of likely N-dealkylation sites (tertiary alicyclic amines) is 1. The van der Waals surface area contributed by atoms with E-state index in [9.17, 15) is 13.6 Å². The van der Waals surface area contributed by atoms with Crippen molar-refractivity contribution < 1.29 is 13.6 Å². The Bertz CT molecular complexity index is 457. The van der Waals surface area contributed by atoms with Gasteiger partial charge in [0, 0.05) is 30.3 Å². The van der Waals surface area contributed by atoms with E-state index >= 15 is 0 Å². The molecule has 20 heavy (non-hydrogen) atoms. The molecule has 0 radical (unpaired) electrons. The topological polar surface area (TPSA) is 32.3 Å². The van der Waals surface area contributed by atoms with E-state index in [1.54, 1.807) is 6.07 Å². The third-order valence-electron chi connectivity index (χ3n) is 3.77. The van der Waals surface area contributed by atoms with Crippen molar-refractivity contribution in [1.82, 2.24) is 10.2 Å². The molecule has 1 heterocycles. The summed E-state index contributed by atoms with van der Waals surface area (Å²) in [5, 5.41) is 2.94. The zero-order valence-electron chi connectivity index (χ0n) is 11.6. The Labute approximate surface area is 118 Å². The van der Waals surface area contributed by atoms with E-state index in [1.165, 1.54) is 18.2 Å². The molecular formula is C15H20F2N2O. The van der Waals surface area contributed by atoms with Crippen molar-refractivity contribution in [1.29, 1.82) is 0 Å². The molecular weight excluding hydrogens is 262 g/mol. The van der Waals surface area contributed by atoms with Gasteiger partial charge in [-0.3, -0.25) is 4.79 Å². The standard InChI is InChI=1S/C15H20F2N2O/c1-2-19-8-6-13(7-9-19)18-15(20)12-5-3-4-11(10-12)14(16)17/h3-5,10,13-14H,2,6-9H2,1H3,(H,18,20). The van der Waals surface area contributed by atoms with E-state index in [2.05, 4.69) is 17.1 Å². The molecule has 0 aromatic heterocycles. The molecule has 3 nitrogen and oxygen atoms in total. The van der Waals surface area contributed by atoms with Crippen molar-refractivity contribution in [2.24, 2.45) is 0 Å². The summed E-state index contributed by atoms with van der Waals surface area (Å²) < 4.78 is 25.2. The maximum absolute atomic E-state index is 12.6. The Morgan fingerprint density at radius 3 is 2.70 bits per heavy atom. The fourth-order valence-corrected chi connectivity index (χ4v) is 2.48. The van der Waals surface area contributed by atoms with Crippen LogP contribution < -0.4 is 5.32 Å². The summed E-state index contributed by atoms with van der Waals surface area (Å²) in [6, 6.07) is 5.81. The van der Waals surface area contributed by atoms with E-state index in [-0.39, 0.29) is 17.5 Å². The third kappa shape index (κ3) is 3.76. The van der Waals surface area contributed by atoms with Crippen LogP contribution in [-0.4, -0.2) is 36.5 Å². The van der Waals surface area contributed by atoms with Gasteiger partial charge in [-0.25, -0.2) is 8.78 Å². The summed E-state index contributed by atoms with van der Waals surface area (Å²) in [6.07, 6.45) is -0.724. The van der Waals surface area contributed by atoms with Crippen molar-refractivity contribution in [3.63, 3.8) is 0 Å². The SMILES string of the molecule is CCN1CCC(NC(=O)c2cccc(C(F)F)c2)CC1. The Hall–Kier alpha value is -1.49. The third-order valence-corrected chi connectivity index (χ3v) is 3.77. The van der Waals surface area contributed by atoms with Crippen LogP contribution in [0.25, 0.3) is 0 Å². The maximum Gasteiger partial charge on any atom is 0.263 e. The zero-order chi connectivity index (χ0) is 14.5. The fraction of sp³-hybridized carbons (Fsp3) is 0.533. The van der Waals surface area contributed by atoms with Crippen LogP contribution in [0.4, 0.5) is 8.78 Å². The molecule has 1 saturated heterocycles. The predicted octanol–water partition coefficient (Wildman–Crippen LogP) is 2.84. The molecule has 0 atom stereocenters. The summed E-state index contributed by atoms with van der Waals surface area (Å²) in [5.41, 5.74) is 0.194. The molecule has 1 aromatic rings. The number of alkyl halides is 2. The molecule has 1 aliphatic heterocycles. The van der Waals surface area contributed by atoms with Gasteiger partial charge in [-0.1, -0.05) is 19.1 Å². The molecule has 1 aliphatic rings. The van der Waals surface area contributed by atoms with Crippen molar-refractivity contribution in [2.75, 3.05) is 19.6 Å². The first-order valence-corrected chi connectivity index (χ1v) is 7.01. The molecule has 0 saturated carbocycles. The van der Waals surface area contributed by atoms with Gasteiger partial charge in [0.05, 0.1) is 0 Å². The lowest BCUT2D eigenvalue weighted by Gasteiger charge is -2.31. The number of carbonyl (C=O) groups is 1. The molecule has 0 unspecified atom stereocenters. The van der Waals surface area contributed by atoms with Crippen LogP contribution in [0.2, 0.25) is 0 Å². The Morgan fingerprint density at radius 2 is 2.10 bits per heavy atom. The minimum absolute atomic E-state index is 0.113. The highest BCUT2D eigenvalue weighted by Crippen LogP contribution is 2.19. The molecule has 0 aliphatic carbocycles. The average molecular weight is 282 g/mol. The molecule has 1 amide bonds. The summed E-state index contributed by atoms with van der Waals surface area (Å²) in [6.45, 7) is 5.09. The highest BCUT2D eigenvalue weighted by atomic mass is 19.3. The van der Waals surface area contributed by atoms with Gasteiger partial charge in [-0.05, 0) is 31.5 Å². The second-order valence-corrected chi connectivity index (χ2v) is 5.11. The first kappa shape index (κ1) is 14.9. The van der Waals surface area contributed by atoms with E-state index in [4.69, 9.17) is 0 Å². The monoisotopic (exact) mass is 282 g/mol. The Balaban J connectivity index is 1.93. The van der Waals surface area contributed by atoms with E-state index in [0.29, 0.717) is 5.56 Å². The van der Waals surface area contributed by atoms with Gasteiger partial charge in [0.25, 0.3) is 12.3 Å². The molecule has 1 fully saturated rings. The number of nitrogens with zero attached hydrogens (tertiary/aromatic N) is 1. The first-order valence-electron chi connectivity index (χ1n) is 7.01. The zero-order valence-corrected chi connectivity index (χ0v) is 11.6. The van der Waals surface area contributed by atoms with E-state index in [0.717, 1.165) is 32.5 Å². The van der Waals surface area contributed by atoms with Gasteiger partial charge in [0.1, 0.15) is 0 Å². The van der Waals surface area contributed by atoms with Crippen LogP contribution in [0.15, 0.2) is 24.3 Å². The molecule has 0 spiro atoms. The number of piperidine rings is 1. The van der Waals surface area contributed by atoms with Crippen LogP contribution in [0, 0.1) is 0 Å². The van der Waals surface area contributed by atoms with Crippen LogP contribution >= 0.6 is 0 Å². The summed E-state index contributed by atoms with van der Waals surface area (Å²) in [4.78, 5) is 14.4. The first-order chi connectivity index (χ1) is 9.60. The summed E-state index contributed by atoms with van der Waals surface area (Å²) >= 11 is 0. The lowest BCUT2D eigenvalue weighted by atomic mass is 10.0. The normalized spacial score (nSPS) is 17.4. The lowest BCUT2D eigenvalue weighted by molar-refractivity contribution is 0.0912. The Kier molecular flexibility index (Phi) is 5.06. The molecule has 0 bridgehead atoms.